The number of carbonyl (C=O) groups is 3. The molecule has 1 aliphatic carbocycles. The van der Waals surface area contributed by atoms with Crippen LogP contribution in [0.5, 0.6) is 0 Å². The highest BCUT2D eigenvalue weighted by Crippen LogP contribution is 2.44. The summed E-state index contributed by atoms with van der Waals surface area (Å²) in [6, 6.07) is 16.2. The highest BCUT2D eigenvalue weighted by Gasteiger charge is 2.47. The van der Waals surface area contributed by atoms with Gasteiger partial charge >= 0.3 is 12.1 Å². The smallest absolute Gasteiger partial charge is 0.408 e. The Hall–Kier alpha value is -3.39. The summed E-state index contributed by atoms with van der Waals surface area (Å²) >= 11 is 0. The average Bonchev–Trinajstić information content (AvgIpc) is 3.07. The van der Waals surface area contributed by atoms with Crippen LogP contribution in [0.25, 0.3) is 11.1 Å². The van der Waals surface area contributed by atoms with Gasteiger partial charge in [0.25, 0.3) is 0 Å². The highest BCUT2D eigenvalue weighted by atomic mass is 16.5. The first-order valence-corrected chi connectivity index (χ1v) is 10.9. The average molecular weight is 453 g/mol. The lowest BCUT2D eigenvalue weighted by atomic mass is 9.92. The van der Waals surface area contributed by atoms with Gasteiger partial charge in [0.1, 0.15) is 24.4 Å². The Morgan fingerprint density at radius 1 is 1.06 bits per heavy atom. The number of carboxylic acid groups (broad SMARTS) is 1. The molecule has 174 valence electrons. The van der Waals surface area contributed by atoms with E-state index in [1.807, 2.05) is 36.4 Å². The second-order valence-corrected chi connectivity index (χ2v) is 9.37. The number of carboxylic acids is 1. The summed E-state index contributed by atoms with van der Waals surface area (Å²) in [6.07, 6.45) is -0.666. The van der Waals surface area contributed by atoms with Crippen LogP contribution in [-0.2, 0) is 19.1 Å². The van der Waals surface area contributed by atoms with Crippen LogP contribution in [-0.4, -0.2) is 65.4 Å². The fourth-order valence-corrected chi connectivity index (χ4v) is 4.57. The van der Waals surface area contributed by atoms with Gasteiger partial charge in [-0.2, -0.15) is 0 Å². The number of alkyl carbamates (subject to hydrolysis) is 1. The first-order chi connectivity index (χ1) is 15.6. The molecule has 2 aromatic carbocycles. The summed E-state index contributed by atoms with van der Waals surface area (Å²) in [6.45, 7) is 5.25. The Morgan fingerprint density at radius 3 is 2.15 bits per heavy atom. The van der Waals surface area contributed by atoms with Gasteiger partial charge in [-0.1, -0.05) is 48.5 Å². The molecule has 0 bridgehead atoms. The quantitative estimate of drug-likeness (QED) is 0.669. The summed E-state index contributed by atoms with van der Waals surface area (Å²) in [4.78, 5) is 37.7. The molecule has 1 saturated heterocycles. The maximum absolute atomic E-state index is 12.9. The number of rotatable bonds is 7. The molecule has 0 aromatic heterocycles. The number of fused-ring (bicyclic) bond motifs is 3. The standard InChI is InChI=1S/C25H28N2O6/c1-24(2,22(30)27-14-25(3,15-27)33-13-21(28)29)26-23(31)32-12-20-18-10-6-4-8-16(18)17-9-5-7-11-19(17)20/h4-11,20H,12-15H2,1-3H3,(H,26,31)(H,28,29). The van der Waals surface area contributed by atoms with Crippen molar-refractivity contribution in [2.24, 2.45) is 0 Å². The number of amides is 2. The highest BCUT2D eigenvalue weighted by molar-refractivity contribution is 5.90. The molecule has 33 heavy (non-hydrogen) atoms. The van der Waals surface area contributed by atoms with Gasteiger partial charge in [-0.15, -0.1) is 0 Å². The molecule has 2 amide bonds. The zero-order chi connectivity index (χ0) is 23.8. The minimum Gasteiger partial charge on any atom is -0.480 e. The summed E-state index contributed by atoms with van der Waals surface area (Å²) < 4.78 is 10.9. The number of aliphatic carboxylic acids is 1. The number of ether oxygens (including phenoxy) is 2. The van der Waals surface area contributed by atoms with E-state index in [1.54, 1.807) is 20.8 Å². The lowest BCUT2D eigenvalue weighted by molar-refractivity contribution is -0.176. The first-order valence-electron chi connectivity index (χ1n) is 10.9. The molecule has 2 aliphatic rings. The zero-order valence-electron chi connectivity index (χ0n) is 19.0. The lowest BCUT2D eigenvalue weighted by Crippen LogP contribution is -2.68. The van der Waals surface area contributed by atoms with Crippen molar-refractivity contribution in [1.82, 2.24) is 10.2 Å². The molecule has 0 saturated carbocycles. The number of carbonyl (C=O) groups excluding carboxylic acids is 2. The molecule has 4 rings (SSSR count). The van der Waals surface area contributed by atoms with Crippen LogP contribution in [0.2, 0.25) is 0 Å². The van der Waals surface area contributed by atoms with Gasteiger partial charge < -0.3 is 24.8 Å². The fourth-order valence-electron chi connectivity index (χ4n) is 4.57. The molecular weight excluding hydrogens is 424 g/mol. The Labute approximate surface area is 192 Å². The molecule has 1 aliphatic heterocycles. The second kappa shape index (κ2) is 8.51. The first kappa shape index (κ1) is 22.8. The normalized spacial score (nSPS) is 16.4. The van der Waals surface area contributed by atoms with Crippen molar-refractivity contribution in [2.45, 2.75) is 37.8 Å². The van der Waals surface area contributed by atoms with Gasteiger partial charge in [0, 0.05) is 5.92 Å². The van der Waals surface area contributed by atoms with E-state index in [2.05, 4.69) is 17.4 Å². The van der Waals surface area contributed by atoms with Crippen LogP contribution in [0.3, 0.4) is 0 Å². The van der Waals surface area contributed by atoms with E-state index >= 15 is 0 Å². The van der Waals surface area contributed by atoms with Crippen molar-refractivity contribution >= 4 is 18.0 Å². The van der Waals surface area contributed by atoms with E-state index in [0.29, 0.717) is 0 Å². The van der Waals surface area contributed by atoms with Crippen LogP contribution in [0.15, 0.2) is 48.5 Å². The SMILES string of the molecule is CC1(OCC(=O)O)CN(C(=O)C(C)(C)NC(=O)OCC2c3ccccc3-c3ccccc32)C1. The van der Waals surface area contributed by atoms with Crippen LogP contribution in [0.1, 0.15) is 37.8 Å². The van der Waals surface area contributed by atoms with Crippen LogP contribution in [0, 0.1) is 0 Å². The molecule has 0 radical (unpaired) electrons. The van der Waals surface area contributed by atoms with Gasteiger partial charge in [0.05, 0.1) is 13.1 Å². The molecule has 2 aromatic rings. The monoisotopic (exact) mass is 452 g/mol. The number of likely N-dealkylation sites (tertiary alicyclic amines) is 1. The van der Waals surface area contributed by atoms with Gasteiger partial charge in [-0.25, -0.2) is 9.59 Å². The Bertz CT molecular complexity index is 1040. The third kappa shape index (κ3) is 4.57. The van der Waals surface area contributed by atoms with Crippen molar-refractivity contribution in [3.05, 3.63) is 59.7 Å². The number of nitrogens with one attached hydrogen (secondary N) is 1. The third-order valence-electron chi connectivity index (χ3n) is 6.17. The third-order valence-corrected chi connectivity index (χ3v) is 6.17. The summed E-state index contributed by atoms with van der Waals surface area (Å²) in [7, 11) is 0. The van der Waals surface area contributed by atoms with E-state index < -0.39 is 29.8 Å². The van der Waals surface area contributed by atoms with E-state index in [1.165, 1.54) is 4.90 Å². The molecule has 0 unspecified atom stereocenters. The van der Waals surface area contributed by atoms with E-state index in [0.717, 1.165) is 22.3 Å². The lowest BCUT2D eigenvalue weighted by Gasteiger charge is -2.49. The molecule has 1 fully saturated rings. The Kier molecular flexibility index (Phi) is 5.88. The molecular formula is C25H28N2O6. The predicted octanol–water partition coefficient (Wildman–Crippen LogP) is 3.01. The molecule has 2 N–H and O–H groups in total. The molecule has 1 heterocycles. The number of benzene rings is 2. The summed E-state index contributed by atoms with van der Waals surface area (Å²) in [5.74, 6) is -1.41. The van der Waals surface area contributed by atoms with Crippen LogP contribution >= 0.6 is 0 Å². The van der Waals surface area contributed by atoms with Crippen LogP contribution in [0.4, 0.5) is 4.79 Å². The van der Waals surface area contributed by atoms with Crippen molar-refractivity contribution in [1.29, 1.82) is 0 Å². The van der Waals surface area contributed by atoms with Crippen molar-refractivity contribution in [3.63, 3.8) is 0 Å². The van der Waals surface area contributed by atoms with Crippen molar-refractivity contribution in [3.8, 4) is 11.1 Å². The van der Waals surface area contributed by atoms with Gasteiger partial charge in [-0.05, 0) is 43.0 Å². The minimum absolute atomic E-state index is 0.0653. The Balaban J connectivity index is 1.34. The van der Waals surface area contributed by atoms with Crippen LogP contribution < -0.4 is 5.32 Å². The number of hydrogen-bond donors (Lipinski definition) is 2. The van der Waals surface area contributed by atoms with E-state index in [4.69, 9.17) is 14.6 Å². The van der Waals surface area contributed by atoms with Gasteiger partial charge in [-0.3, -0.25) is 4.79 Å². The molecule has 0 spiro atoms. The fraction of sp³-hybridized carbons (Fsp3) is 0.400. The van der Waals surface area contributed by atoms with E-state index in [9.17, 15) is 14.4 Å². The number of nitrogens with zero attached hydrogens (tertiary/aromatic N) is 1. The maximum Gasteiger partial charge on any atom is 0.408 e. The molecule has 8 heteroatoms. The van der Waals surface area contributed by atoms with Crippen molar-refractivity contribution in [2.75, 3.05) is 26.3 Å². The summed E-state index contributed by atoms with van der Waals surface area (Å²) in [5, 5.41) is 11.4. The zero-order valence-corrected chi connectivity index (χ0v) is 19.0. The minimum atomic E-state index is -1.18. The van der Waals surface area contributed by atoms with Crippen molar-refractivity contribution < 1.29 is 29.0 Å². The number of hydrogen-bond acceptors (Lipinski definition) is 5. The van der Waals surface area contributed by atoms with Gasteiger partial charge in [0.2, 0.25) is 5.91 Å². The molecule has 8 nitrogen and oxygen atoms in total. The second-order valence-electron chi connectivity index (χ2n) is 9.37. The topological polar surface area (TPSA) is 105 Å². The van der Waals surface area contributed by atoms with E-state index in [-0.39, 0.29) is 31.5 Å². The molecule has 0 atom stereocenters. The maximum atomic E-state index is 12.9. The van der Waals surface area contributed by atoms with Gasteiger partial charge in [0.15, 0.2) is 0 Å². The summed E-state index contributed by atoms with van der Waals surface area (Å²) in [5.41, 5.74) is 2.63. The largest absolute Gasteiger partial charge is 0.480 e. The predicted molar refractivity (Wildman–Crippen MR) is 121 cm³/mol. The Morgan fingerprint density at radius 2 is 1.61 bits per heavy atom.